The van der Waals surface area contributed by atoms with Crippen LogP contribution in [0.3, 0.4) is 0 Å². The minimum Gasteiger partial charge on any atom is -0.484 e. The fourth-order valence-electron chi connectivity index (χ4n) is 2.48. The molecule has 0 radical (unpaired) electrons. The van der Waals surface area contributed by atoms with Gasteiger partial charge in [-0.1, -0.05) is 28.1 Å². The van der Waals surface area contributed by atoms with E-state index in [1.165, 1.54) is 0 Å². The normalized spacial score (nSPS) is 10.8. The molecule has 0 fully saturated rings. The van der Waals surface area contributed by atoms with Crippen molar-refractivity contribution < 1.29 is 13.9 Å². The van der Waals surface area contributed by atoms with Gasteiger partial charge >= 0.3 is 0 Å². The second-order valence-electron chi connectivity index (χ2n) is 5.28. The summed E-state index contributed by atoms with van der Waals surface area (Å²) in [5, 5.41) is 0.449. The minimum absolute atomic E-state index is 0.113. The van der Waals surface area contributed by atoms with Crippen LogP contribution in [0.1, 0.15) is 5.76 Å². The van der Waals surface area contributed by atoms with Crippen LogP contribution in [0.25, 0.3) is 22.1 Å². The molecule has 3 aromatic rings. The van der Waals surface area contributed by atoms with E-state index < -0.39 is 5.91 Å². The number of aryl methyl sites for hydroxylation is 1. The number of carbonyl (C=O) groups excluding carboxylic acids is 1. The zero-order valence-electron chi connectivity index (χ0n) is 12.8. The number of rotatable bonds is 4. The summed E-state index contributed by atoms with van der Waals surface area (Å²) in [6.45, 7) is 1.51. The highest BCUT2D eigenvalue weighted by atomic mass is 79.9. The van der Waals surface area contributed by atoms with Crippen molar-refractivity contribution in [3.63, 3.8) is 0 Å². The summed E-state index contributed by atoms with van der Waals surface area (Å²) < 4.78 is 12.0. The number of benzene rings is 2. The Hall–Kier alpha value is -2.60. The van der Waals surface area contributed by atoms with Crippen LogP contribution < -0.4 is 15.9 Å². The van der Waals surface area contributed by atoms with Crippen LogP contribution >= 0.6 is 15.9 Å². The van der Waals surface area contributed by atoms with E-state index in [1.54, 1.807) is 25.1 Å². The van der Waals surface area contributed by atoms with Gasteiger partial charge in [0.15, 0.2) is 6.61 Å². The van der Waals surface area contributed by atoms with Gasteiger partial charge in [-0.25, -0.2) is 0 Å². The summed E-state index contributed by atoms with van der Waals surface area (Å²) in [5.74, 6) is 0.362. The van der Waals surface area contributed by atoms with Gasteiger partial charge < -0.3 is 14.9 Å². The molecule has 24 heavy (non-hydrogen) atoms. The van der Waals surface area contributed by atoms with Crippen molar-refractivity contribution in [2.24, 2.45) is 5.73 Å². The van der Waals surface area contributed by atoms with Crippen molar-refractivity contribution >= 4 is 32.8 Å². The van der Waals surface area contributed by atoms with Gasteiger partial charge in [-0.3, -0.25) is 9.59 Å². The van der Waals surface area contributed by atoms with Gasteiger partial charge in [0.05, 0.1) is 10.9 Å². The van der Waals surface area contributed by atoms with E-state index in [-0.39, 0.29) is 12.0 Å². The lowest BCUT2D eigenvalue weighted by atomic mass is 10.0. The lowest BCUT2D eigenvalue weighted by Crippen LogP contribution is -2.20. The van der Waals surface area contributed by atoms with E-state index in [2.05, 4.69) is 15.9 Å². The van der Waals surface area contributed by atoms with Gasteiger partial charge in [0.2, 0.25) is 5.43 Å². The Balaban J connectivity index is 2.10. The molecule has 3 rings (SSSR count). The zero-order valence-corrected chi connectivity index (χ0v) is 14.4. The molecule has 1 heterocycles. The van der Waals surface area contributed by atoms with Crippen molar-refractivity contribution in [1.29, 1.82) is 0 Å². The SMILES string of the molecule is Cc1oc2cc(OCC(N)=O)ccc2c(=O)c1-c1ccc(Br)cc1. The Bertz CT molecular complexity index is 977. The van der Waals surface area contributed by atoms with Gasteiger partial charge in [0, 0.05) is 10.5 Å². The van der Waals surface area contributed by atoms with Crippen LogP contribution in [0.2, 0.25) is 0 Å². The van der Waals surface area contributed by atoms with Gasteiger partial charge in [0.1, 0.15) is 17.1 Å². The molecule has 122 valence electrons. The molecule has 0 atom stereocenters. The standard InChI is InChI=1S/C18H14BrNO4/c1-10-17(11-2-4-12(19)5-3-11)18(22)14-7-6-13(8-15(14)24-10)23-9-16(20)21/h2-8H,9H2,1H3,(H2,20,21). The van der Waals surface area contributed by atoms with Crippen LogP contribution in [-0.4, -0.2) is 12.5 Å². The number of nitrogens with two attached hydrogens (primary N) is 1. The Morgan fingerprint density at radius 2 is 1.92 bits per heavy atom. The summed E-state index contributed by atoms with van der Waals surface area (Å²) in [6, 6.07) is 12.3. The summed E-state index contributed by atoms with van der Waals surface area (Å²) in [5.41, 5.74) is 6.67. The number of carbonyl (C=O) groups is 1. The summed E-state index contributed by atoms with van der Waals surface area (Å²) in [6.07, 6.45) is 0. The van der Waals surface area contributed by atoms with Crippen molar-refractivity contribution in [2.45, 2.75) is 6.92 Å². The number of hydrogen-bond donors (Lipinski definition) is 1. The van der Waals surface area contributed by atoms with E-state index >= 15 is 0 Å². The lowest BCUT2D eigenvalue weighted by Gasteiger charge is -2.09. The highest BCUT2D eigenvalue weighted by Crippen LogP contribution is 2.27. The van der Waals surface area contributed by atoms with Crippen LogP contribution in [-0.2, 0) is 4.79 Å². The Labute approximate surface area is 146 Å². The predicted molar refractivity (Wildman–Crippen MR) is 95.0 cm³/mol. The fourth-order valence-corrected chi connectivity index (χ4v) is 2.74. The van der Waals surface area contributed by atoms with Gasteiger partial charge in [-0.2, -0.15) is 0 Å². The molecule has 0 saturated heterocycles. The van der Waals surface area contributed by atoms with E-state index in [0.717, 1.165) is 10.0 Å². The molecule has 0 saturated carbocycles. The Morgan fingerprint density at radius 3 is 2.58 bits per heavy atom. The highest BCUT2D eigenvalue weighted by Gasteiger charge is 2.14. The molecule has 2 aromatic carbocycles. The van der Waals surface area contributed by atoms with Crippen LogP contribution in [0.4, 0.5) is 0 Å². The average Bonchev–Trinajstić information content (AvgIpc) is 2.54. The fraction of sp³-hybridized carbons (Fsp3) is 0.111. The van der Waals surface area contributed by atoms with E-state index in [1.807, 2.05) is 24.3 Å². The third-order valence-corrected chi connectivity index (χ3v) is 4.08. The molecule has 0 aliphatic heterocycles. The number of hydrogen-bond acceptors (Lipinski definition) is 4. The predicted octanol–water partition coefficient (Wildman–Crippen LogP) is 3.40. The van der Waals surface area contributed by atoms with Crippen molar-refractivity contribution in [3.8, 4) is 16.9 Å². The van der Waals surface area contributed by atoms with Crippen molar-refractivity contribution in [3.05, 3.63) is 62.9 Å². The van der Waals surface area contributed by atoms with Gasteiger partial charge in [0.25, 0.3) is 5.91 Å². The molecule has 0 aliphatic rings. The molecule has 0 bridgehead atoms. The smallest absolute Gasteiger partial charge is 0.255 e. The molecule has 6 heteroatoms. The third kappa shape index (κ3) is 3.19. The average molecular weight is 388 g/mol. The first-order valence-corrected chi connectivity index (χ1v) is 7.99. The summed E-state index contributed by atoms with van der Waals surface area (Å²) in [4.78, 5) is 23.6. The quantitative estimate of drug-likeness (QED) is 0.743. The monoisotopic (exact) mass is 387 g/mol. The van der Waals surface area contributed by atoms with Crippen LogP contribution in [0, 0.1) is 6.92 Å². The molecule has 1 amide bonds. The molecular weight excluding hydrogens is 374 g/mol. The largest absolute Gasteiger partial charge is 0.484 e. The number of primary amides is 1. The summed E-state index contributed by atoms with van der Waals surface area (Å²) >= 11 is 3.38. The lowest BCUT2D eigenvalue weighted by molar-refractivity contribution is -0.119. The van der Waals surface area contributed by atoms with Crippen LogP contribution in [0.5, 0.6) is 5.75 Å². The maximum absolute atomic E-state index is 12.8. The first kappa shape index (κ1) is 16.3. The Morgan fingerprint density at radius 1 is 1.21 bits per heavy atom. The first-order valence-electron chi connectivity index (χ1n) is 7.20. The number of halogens is 1. The van der Waals surface area contributed by atoms with Gasteiger partial charge in [-0.15, -0.1) is 0 Å². The number of fused-ring (bicyclic) bond motifs is 1. The molecule has 0 aliphatic carbocycles. The second-order valence-corrected chi connectivity index (χ2v) is 6.20. The van der Waals surface area contributed by atoms with Crippen LogP contribution in [0.15, 0.2) is 56.1 Å². The Kier molecular flexibility index (Phi) is 4.40. The van der Waals surface area contributed by atoms with Crippen molar-refractivity contribution in [1.82, 2.24) is 0 Å². The maximum atomic E-state index is 12.8. The molecule has 0 spiro atoms. The zero-order chi connectivity index (χ0) is 17.3. The molecule has 0 unspecified atom stereocenters. The van der Waals surface area contributed by atoms with E-state index in [0.29, 0.717) is 28.0 Å². The minimum atomic E-state index is -0.571. The van der Waals surface area contributed by atoms with E-state index in [4.69, 9.17) is 14.9 Å². The second kappa shape index (κ2) is 6.49. The molecule has 2 N–H and O–H groups in total. The molecule has 1 aromatic heterocycles. The maximum Gasteiger partial charge on any atom is 0.255 e. The number of ether oxygens (including phenoxy) is 1. The summed E-state index contributed by atoms with van der Waals surface area (Å²) in [7, 11) is 0. The molecular formula is C18H14BrNO4. The molecule has 5 nitrogen and oxygen atoms in total. The number of amides is 1. The highest BCUT2D eigenvalue weighted by molar-refractivity contribution is 9.10. The van der Waals surface area contributed by atoms with Crippen molar-refractivity contribution in [2.75, 3.05) is 6.61 Å². The van der Waals surface area contributed by atoms with Gasteiger partial charge in [-0.05, 0) is 36.8 Å². The topological polar surface area (TPSA) is 82.5 Å². The third-order valence-electron chi connectivity index (χ3n) is 3.55. The van der Waals surface area contributed by atoms with E-state index in [9.17, 15) is 9.59 Å². The first-order chi connectivity index (χ1) is 11.5.